The molecule has 0 saturated heterocycles. The summed E-state index contributed by atoms with van der Waals surface area (Å²) in [6.45, 7) is 11.2. The molecule has 2 aliphatic heterocycles. The van der Waals surface area contributed by atoms with E-state index in [1.54, 1.807) is 37.4 Å². The first-order valence-electron chi connectivity index (χ1n) is 11.1. The summed E-state index contributed by atoms with van der Waals surface area (Å²) in [7, 11) is 0. The van der Waals surface area contributed by atoms with Crippen molar-refractivity contribution in [2.75, 3.05) is 11.6 Å². The van der Waals surface area contributed by atoms with Gasteiger partial charge in [0.15, 0.2) is 0 Å². The first-order valence-corrected chi connectivity index (χ1v) is 11.1. The molecule has 0 unspecified atom stereocenters. The molecule has 0 aromatic carbocycles. The summed E-state index contributed by atoms with van der Waals surface area (Å²) in [5, 5.41) is 0.471. The van der Waals surface area contributed by atoms with Crippen molar-refractivity contribution in [2.24, 2.45) is 0 Å². The third kappa shape index (κ3) is 5.13. The highest BCUT2D eigenvalue weighted by Crippen LogP contribution is 2.35. The summed E-state index contributed by atoms with van der Waals surface area (Å²) in [6.07, 6.45) is 13.5. The molecule has 5 nitrogen and oxygen atoms in total. The van der Waals surface area contributed by atoms with Gasteiger partial charge >= 0.3 is 0 Å². The van der Waals surface area contributed by atoms with Crippen LogP contribution in [-0.4, -0.2) is 27.6 Å². The fourth-order valence-electron chi connectivity index (χ4n) is 3.72. The Hall–Kier alpha value is -3.48. The minimum absolute atomic E-state index is 0.139. The maximum Gasteiger partial charge on any atom is 0.262 e. The molecular weight excluding hydrogens is 422 g/mol. The number of anilines is 1. The van der Waals surface area contributed by atoms with E-state index in [0.29, 0.717) is 22.1 Å². The lowest BCUT2D eigenvalue weighted by atomic mass is 10.0. The van der Waals surface area contributed by atoms with E-state index in [4.69, 9.17) is 0 Å². The summed E-state index contributed by atoms with van der Waals surface area (Å²) in [5.74, 6) is -0.598. The largest absolute Gasteiger partial charge is 0.325 e. The predicted octanol–water partition coefficient (Wildman–Crippen LogP) is 6.48. The van der Waals surface area contributed by atoms with Crippen LogP contribution in [0.4, 0.5) is 14.6 Å². The zero-order chi connectivity index (χ0) is 24.1. The molecule has 0 fully saturated rings. The molecule has 3 heterocycles. The molecule has 3 rings (SSSR count). The van der Waals surface area contributed by atoms with Gasteiger partial charge in [-0.25, -0.2) is 4.39 Å². The summed E-state index contributed by atoms with van der Waals surface area (Å²) < 4.78 is 28.6. The van der Waals surface area contributed by atoms with Crippen molar-refractivity contribution in [3.8, 4) is 0 Å². The van der Waals surface area contributed by atoms with Gasteiger partial charge < -0.3 is 4.90 Å². The molecule has 2 aliphatic rings. The van der Waals surface area contributed by atoms with Gasteiger partial charge in [0.25, 0.3) is 5.91 Å². The Morgan fingerprint density at radius 1 is 1.27 bits per heavy atom. The molecule has 1 aromatic rings. The number of fused-ring (bicyclic) bond motifs is 1. The van der Waals surface area contributed by atoms with Gasteiger partial charge in [-0.3, -0.25) is 14.7 Å². The number of nitrogens with zero attached hydrogens (tertiary/aromatic N) is 4. The van der Waals surface area contributed by atoms with Gasteiger partial charge in [-0.2, -0.15) is 5.12 Å². The van der Waals surface area contributed by atoms with Crippen LogP contribution in [0.2, 0.25) is 0 Å². The normalized spacial score (nSPS) is 17.6. The number of halogens is 2. The van der Waals surface area contributed by atoms with Gasteiger partial charge in [0.05, 0.1) is 34.5 Å². The monoisotopic (exact) mass is 452 g/mol. The number of aromatic nitrogens is 1. The summed E-state index contributed by atoms with van der Waals surface area (Å²) in [5.41, 5.74) is 3.57. The fraction of sp³-hybridized carbons (Fsp3) is 0.308. The minimum Gasteiger partial charge on any atom is -0.325 e. The van der Waals surface area contributed by atoms with Crippen LogP contribution in [0, 0.1) is 0 Å². The molecule has 0 radical (unpaired) electrons. The average molecular weight is 453 g/mol. The third-order valence-electron chi connectivity index (χ3n) is 5.56. The smallest absolute Gasteiger partial charge is 0.262 e. The maximum absolute atomic E-state index is 14.5. The van der Waals surface area contributed by atoms with Gasteiger partial charge in [-0.1, -0.05) is 37.4 Å². The molecule has 33 heavy (non-hydrogen) atoms. The van der Waals surface area contributed by atoms with Crippen LogP contribution < -0.4 is 4.90 Å². The number of carbonyl (C=O) groups excluding carboxylic acids is 1. The van der Waals surface area contributed by atoms with Gasteiger partial charge in [-0.05, 0) is 63.1 Å². The number of rotatable bonds is 7. The number of hydrogen-bond acceptors (Lipinski definition) is 4. The van der Waals surface area contributed by atoms with Crippen LogP contribution in [0.5, 0.6) is 0 Å². The lowest BCUT2D eigenvalue weighted by Crippen LogP contribution is -2.46. The summed E-state index contributed by atoms with van der Waals surface area (Å²) >= 11 is 0. The molecule has 0 bridgehead atoms. The van der Waals surface area contributed by atoms with E-state index < -0.39 is 0 Å². The van der Waals surface area contributed by atoms with E-state index in [0.717, 1.165) is 30.7 Å². The fourth-order valence-corrected chi connectivity index (χ4v) is 3.72. The van der Waals surface area contributed by atoms with Crippen LogP contribution in [0.1, 0.15) is 56.6 Å². The Labute approximate surface area is 194 Å². The zero-order valence-corrected chi connectivity index (χ0v) is 19.6. The first kappa shape index (κ1) is 24.2. The van der Waals surface area contributed by atoms with E-state index in [1.807, 2.05) is 25.7 Å². The topological polar surface area (TPSA) is 39.7 Å². The number of hydrogen-bond donors (Lipinski definition) is 0. The highest BCUT2D eigenvalue weighted by atomic mass is 19.2. The zero-order valence-electron chi connectivity index (χ0n) is 19.6. The third-order valence-corrected chi connectivity index (χ3v) is 5.56. The Bertz CT molecular complexity index is 1100. The standard InChI is InChI=1S/C26H30F2N4O/c1-6-8-10-21(27)13-11-18(3)30-17-31(24-14-12-19(4)32(28)20(24)5)26(33)23-15-22(9-7-2)29-16-25(23)30/h8,10-16H,4,6-7,9,17H2,1-3,5H3/b10-8+,18-11+,21-13+. The summed E-state index contributed by atoms with van der Waals surface area (Å²) in [6, 6.07) is 1.79. The van der Waals surface area contributed by atoms with Crippen LogP contribution in [0.15, 0.2) is 83.9 Å². The van der Waals surface area contributed by atoms with E-state index in [1.165, 1.54) is 23.1 Å². The molecule has 0 N–H and O–H groups in total. The quantitative estimate of drug-likeness (QED) is 0.351. The molecule has 0 aliphatic carbocycles. The van der Waals surface area contributed by atoms with Crippen molar-refractivity contribution in [3.05, 3.63) is 95.2 Å². The van der Waals surface area contributed by atoms with Crippen molar-refractivity contribution in [1.29, 1.82) is 0 Å². The van der Waals surface area contributed by atoms with Gasteiger partial charge in [0.1, 0.15) is 12.5 Å². The van der Waals surface area contributed by atoms with Crippen molar-refractivity contribution >= 4 is 11.6 Å². The number of carbonyl (C=O) groups is 1. The van der Waals surface area contributed by atoms with Crippen molar-refractivity contribution < 1.29 is 13.7 Å². The molecule has 0 saturated carbocycles. The lowest BCUT2D eigenvalue weighted by molar-refractivity contribution is 0.0772. The molecule has 1 aromatic heterocycles. The van der Waals surface area contributed by atoms with Crippen LogP contribution in [0.25, 0.3) is 0 Å². The highest BCUT2D eigenvalue weighted by molar-refractivity contribution is 6.03. The molecule has 0 atom stereocenters. The van der Waals surface area contributed by atoms with Gasteiger partial charge in [0.2, 0.25) is 0 Å². The Kier molecular flexibility index (Phi) is 7.63. The predicted molar refractivity (Wildman–Crippen MR) is 128 cm³/mol. The van der Waals surface area contributed by atoms with Crippen molar-refractivity contribution in [3.63, 3.8) is 0 Å². The van der Waals surface area contributed by atoms with Gasteiger partial charge in [0, 0.05) is 11.4 Å². The van der Waals surface area contributed by atoms with Crippen molar-refractivity contribution in [1.82, 2.24) is 15.0 Å². The molecule has 174 valence electrons. The SMILES string of the molecule is C=C1C=CC(N2CN(/C(C)=C/C=C(F)\C=C\CC)c3cnc(CCC)cc3C2=O)=C(C)N1F. The maximum atomic E-state index is 14.5. The molecular formula is C26H30F2N4O. The Balaban J connectivity index is 2.08. The van der Waals surface area contributed by atoms with Crippen LogP contribution >= 0.6 is 0 Å². The molecule has 7 heteroatoms. The summed E-state index contributed by atoms with van der Waals surface area (Å²) in [4.78, 5) is 21.4. The van der Waals surface area contributed by atoms with E-state index >= 15 is 0 Å². The van der Waals surface area contributed by atoms with E-state index in [2.05, 4.69) is 11.6 Å². The Morgan fingerprint density at radius 2 is 2.03 bits per heavy atom. The van der Waals surface area contributed by atoms with E-state index in [-0.39, 0.29) is 29.8 Å². The second-order valence-corrected chi connectivity index (χ2v) is 7.99. The average Bonchev–Trinajstić information content (AvgIpc) is 2.81. The number of allylic oxidation sites excluding steroid dienone is 9. The van der Waals surface area contributed by atoms with Crippen molar-refractivity contribution in [2.45, 2.75) is 47.0 Å². The second-order valence-electron chi connectivity index (χ2n) is 7.99. The highest BCUT2D eigenvalue weighted by Gasteiger charge is 2.34. The number of amides is 1. The first-order chi connectivity index (χ1) is 15.8. The van der Waals surface area contributed by atoms with Gasteiger partial charge in [-0.15, -0.1) is 0 Å². The number of pyridine rings is 1. The van der Waals surface area contributed by atoms with E-state index in [9.17, 15) is 13.7 Å². The Morgan fingerprint density at radius 3 is 2.73 bits per heavy atom. The lowest BCUT2D eigenvalue weighted by Gasteiger charge is -2.40. The second kappa shape index (κ2) is 10.4. The van der Waals surface area contributed by atoms with Crippen LogP contribution in [-0.2, 0) is 6.42 Å². The van der Waals surface area contributed by atoms with Crippen LogP contribution in [0.3, 0.4) is 0 Å². The molecule has 0 spiro atoms. The number of aryl methyl sites for hydroxylation is 1. The molecule has 1 amide bonds. The minimum atomic E-state index is -0.363.